The smallest absolute Gasteiger partial charge is 0.418 e. The average Bonchev–Trinajstić information content (AvgIpc) is 3.09. The molecule has 0 bridgehead atoms. The predicted octanol–water partition coefficient (Wildman–Crippen LogP) is 1.84. The van der Waals surface area contributed by atoms with Crippen molar-refractivity contribution in [3.63, 3.8) is 0 Å². The first-order chi connectivity index (χ1) is 12.3. The van der Waals surface area contributed by atoms with Gasteiger partial charge in [-0.1, -0.05) is 19.3 Å². The lowest BCUT2D eigenvalue weighted by Crippen LogP contribution is -2.48. The van der Waals surface area contributed by atoms with E-state index in [-0.39, 0.29) is 18.5 Å². The van der Waals surface area contributed by atoms with Crippen LogP contribution in [0.2, 0.25) is 0 Å². The second-order valence-electron chi connectivity index (χ2n) is 7.61. The summed E-state index contributed by atoms with van der Waals surface area (Å²) in [5, 5.41) is 4.16. The molecule has 8 heteroatoms. The molecule has 1 aliphatic carbocycles. The van der Waals surface area contributed by atoms with Crippen molar-refractivity contribution in [3.05, 3.63) is 18.0 Å². The summed E-state index contributed by atoms with van der Waals surface area (Å²) >= 11 is 0. The van der Waals surface area contributed by atoms with Gasteiger partial charge in [-0.05, 0) is 26.7 Å². The van der Waals surface area contributed by atoms with Crippen molar-refractivity contribution in [1.82, 2.24) is 19.6 Å². The van der Waals surface area contributed by atoms with Crippen molar-refractivity contribution in [1.29, 1.82) is 0 Å². The Labute approximate surface area is 153 Å². The van der Waals surface area contributed by atoms with E-state index in [9.17, 15) is 14.4 Å². The Morgan fingerprint density at radius 1 is 1.31 bits per heavy atom. The number of cyclic esters (lactones) is 1. The number of nitrogens with zero attached hydrogens (tertiary/aromatic N) is 4. The molecule has 1 saturated heterocycles. The van der Waals surface area contributed by atoms with Crippen LogP contribution >= 0.6 is 0 Å². The van der Waals surface area contributed by atoms with Gasteiger partial charge in [-0.25, -0.2) is 9.69 Å². The first-order valence-electron chi connectivity index (χ1n) is 9.10. The van der Waals surface area contributed by atoms with E-state index in [4.69, 9.17) is 4.74 Å². The van der Waals surface area contributed by atoms with E-state index in [1.807, 2.05) is 13.2 Å². The number of carbonyl (C=O) groups excluding carboxylic acids is 3. The summed E-state index contributed by atoms with van der Waals surface area (Å²) in [7, 11) is 1.83. The molecule has 1 saturated carbocycles. The number of aromatic nitrogens is 2. The zero-order valence-electron chi connectivity index (χ0n) is 15.6. The molecule has 0 atom stereocenters. The fourth-order valence-electron chi connectivity index (χ4n) is 3.65. The van der Waals surface area contributed by atoms with Crippen molar-refractivity contribution in [2.45, 2.75) is 64.1 Å². The molecular weight excluding hydrogens is 336 g/mol. The molecule has 1 aromatic heterocycles. The number of hydrogen-bond donors (Lipinski definition) is 0. The number of hydrogen-bond acceptors (Lipinski definition) is 5. The van der Waals surface area contributed by atoms with E-state index in [0.29, 0.717) is 6.54 Å². The Morgan fingerprint density at radius 2 is 2.00 bits per heavy atom. The molecule has 2 aliphatic rings. The third-order valence-corrected chi connectivity index (χ3v) is 5.06. The van der Waals surface area contributed by atoms with Crippen molar-refractivity contribution in [2.24, 2.45) is 7.05 Å². The van der Waals surface area contributed by atoms with Gasteiger partial charge in [0.25, 0.3) is 5.91 Å². The number of carbonyl (C=O) groups is 3. The maximum Gasteiger partial charge on any atom is 0.418 e. The lowest BCUT2D eigenvalue weighted by atomic mass is 9.94. The van der Waals surface area contributed by atoms with E-state index >= 15 is 0 Å². The highest BCUT2D eigenvalue weighted by atomic mass is 16.6. The van der Waals surface area contributed by atoms with Gasteiger partial charge < -0.3 is 9.64 Å². The summed E-state index contributed by atoms with van der Waals surface area (Å²) in [6.45, 7) is 3.22. The van der Waals surface area contributed by atoms with Gasteiger partial charge in [-0.2, -0.15) is 5.10 Å². The highest BCUT2D eigenvalue weighted by molar-refractivity contribution is 6.04. The molecule has 1 aromatic rings. The van der Waals surface area contributed by atoms with Crippen LogP contribution in [0.3, 0.4) is 0 Å². The molecule has 2 fully saturated rings. The van der Waals surface area contributed by atoms with E-state index in [2.05, 4.69) is 5.10 Å². The maximum absolute atomic E-state index is 13.0. The zero-order valence-corrected chi connectivity index (χ0v) is 15.6. The largest absolute Gasteiger partial charge is 0.433 e. The van der Waals surface area contributed by atoms with Crippen LogP contribution in [-0.2, 0) is 27.9 Å². The fraction of sp³-hybridized carbons (Fsp3) is 0.667. The Kier molecular flexibility index (Phi) is 5.02. The lowest BCUT2D eigenvalue weighted by Gasteiger charge is -2.34. The van der Waals surface area contributed by atoms with Crippen molar-refractivity contribution in [2.75, 3.05) is 6.54 Å². The molecule has 8 nitrogen and oxygen atoms in total. The van der Waals surface area contributed by atoms with Gasteiger partial charge in [0.05, 0.1) is 6.20 Å². The second-order valence-corrected chi connectivity index (χ2v) is 7.61. The Bertz CT molecular complexity index is 706. The molecule has 26 heavy (non-hydrogen) atoms. The van der Waals surface area contributed by atoms with Gasteiger partial charge in [0, 0.05) is 31.4 Å². The SMILES string of the molecule is Cn1cc(CN(C(=O)CN2C(=O)OC(C)(C)C2=O)C2CCCCC2)cn1. The second kappa shape index (κ2) is 7.09. The van der Waals surface area contributed by atoms with Crippen LogP contribution in [0.5, 0.6) is 0 Å². The summed E-state index contributed by atoms with van der Waals surface area (Å²) in [5.41, 5.74) is -0.279. The third kappa shape index (κ3) is 3.73. The molecule has 1 aliphatic heterocycles. The minimum absolute atomic E-state index is 0.123. The monoisotopic (exact) mass is 362 g/mol. The summed E-state index contributed by atoms with van der Waals surface area (Å²) in [6.07, 6.45) is 8.09. The number of ether oxygens (including phenoxy) is 1. The molecule has 142 valence electrons. The number of aryl methyl sites for hydroxylation is 1. The van der Waals surface area contributed by atoms with Crippen LogP contribution in [0.25, 0.3) is 0 Å². The lowest BCUT2D eigenvalue weighted by molar-refractivity contribution is -0.142. The number of amides is 3. The van der Waals surface area contributed by atoms with Crippen LogP contribution in [0.1, 0.15) is 51.5 Å². The Morgan fingerprint density at radius 3 is 2.54 bits per heavy atom. The van der Waals surface area contributed by atoms with Crippen molar-refractivity contribution >= 4 is 17.9 Å². The Hall–Kier alpha value is -2.38. The minimum atomic E-state index is -1.21. The summed E-state index contributed by atoms with van der Waals surface area (Å²) in [4.78, 5) is 40.0. The van der Waals surface area contributed by atoms with Crippen LogP contribution in [-0.4, -0.2) is 55.7 Å². The van der Waals surface area contributed by atoms with Gasteiger partial charge in [0.15, 0.2) is 5.60 Å². The van der Waals surface area contributed by atoms with Gasteiger partial charge in [0.1, 0.15) is 6.54 Å². The first-order valence-corrected chi connectivity index (χ1v) is 9.10. The van der Waals surface area contributed by atoms with Crippen LogP contribution < -0.4 is 0 Å². The molecule has 0 N–H and O–H groups in total. The standard InChI is InChI=1S/C18H26N4O4/c1-18(2)16(24)22(17(25)26-18)12-15(23)21(14-7-5-4-6-8-14)11-13-9-19-20(3)10-13/h9-10,14H,4-8,11-12H2,1-3H3. The molecule has 0 aromatic carbocycles. The predicted molar refractivity (Wildman–Crippen MR) is 92.9 cm³/mol. The maximum atomic E-state index is 13.0. The third-order valence-electron chi connectivity index (χ3n) is 5.06. The molecule has 0 unspecified atom stereocenters. The van der Waals surface area contributed by atoms with Crippen molar-refractivity contribution < 1.29 is 19.1 Å². The minimum Gasteiger partial charge on any atom is -0.433 e. The van der Waals surface area contributed by atoms with Crippen LogP contribution in [0.15, 0.2) is 12.4 Å². The van der Waals surface area contributed by atoms with Crippen LogP contribution in [0, 0.1) is 0 Å². The van der Waals surface area contributed by atoms with E-state index in [1.165, 1.54) is 20.3 Å². The van der Waals surface area contributed by atoms with E-state index in [1.54, 1.807) is 15.8 Å². The molecule has 3 rings (SSSR count). The number of rotatable bonds is 5. The fourth-order valence-corrected chi connectivity index (χ4v) is 3.65. The average molecular weight is 362 g/mol. The summed E-state index contributed by atoms with van der Waals surface area (Å²) in [5.74, 6) is -0.704. The quantitative estimate of drug-likeness (QED) is 0.798. The molecule has 2 heterocycles. The number of imide groups is 1. The van der Waals surface area contributed by atoms with Gasteiger partial charge in [0.2, 0.25) is 5.91 Å². The summed E-state index contributed by atoms with van der Waals surface area (Å²) < 4.78 is 6.77. The normalized spacial score (nSPS) is 20.3. The van der Waals surface area contributed by atoms with E-state index < -0.39 is 17.6 Å². The molecule has 3 amide bonds. The topological polar surface area (TPSA) is 84.7 Å². The first kappa shape index (κ1) is 18.4. The summed E-state index contributed by atoms with van der Waals surface area (Å²) in [6, 6.07) is 0.123. The van der Waals surface area contributed by atoms with Crippen molar-refractivity contribution in [3.8, 4) is 0 Å². The molecule has 0 radical (unpaired) electrons. The van der Waals surface area contributed by atoms with E-state index in [0.717, 1.165) is 36.1 Å². The molecular formula is C18H26N4O4. The molecule has 0 spiro atoms. The van der Waals surface area contributed by atoms with Gasteiger partial charge in [-0.15, -0.1) is 0 Å². The highest BCUT2D eigenvalue weighted by Crippen LogP contribution is 2.26. The highest BCUT2D eigenvalue weighted by Gasteiger charge is 2.48. The van der Waals surface area contributed by atoms with Gasteiger partial charge >= 0.3 is 6.09 Å². The Balaban J connectivity index is 1.76. The van der Waals surface area contributed by atoms with Gasteiger partial charge in [-0.3, -0.25) is 14.3 Å². The zero-order chi connectivity index (χ0) is 18.9. The van der Waals surface area contributed by atoms with Crippen LogP contribution in [0.4, 0.5) is 4.79 Å².